The van der Waals surface area contributed by atoms with Gasteiger partial charge in [-0.3, -0.25) is 19.6 Å². The molecule has 0 spiro atoms. The zero-order valence-corrected chi connectivity index (χ0v) is 24.5. The molecule has 0 aliphatic carbocycles. The summed E-state index contributed by atoms with van der Waals surface area (Å²) in [6, 6.07) is 13.4. The number of fused-ring (bicyclic) bond motifs is 3. The number of thioether (sulfide) groups is 1. The van der Waals surface area contributed by atoms with Crippen LogP contribution in [-0.2, 0) is 6.42 Å². The van der Waals surface area contributed by atoms with Crippen molar-refractivity contribution in [2.45, 2.75) is 36.6 Å². The van der Waals surface area contributed by atoms with Crippen LogP contribution >= 0.6 is 11.8 Å². The van der Waals surface area contributed by atoms with E-state index < -0.39 is 17.2 Å². The number of carbonyl (C=O) groups is 1. The highest BCUT2D eigenvalue weighted by Gasteiger charge is 2.29. The van der Waals surface area contributed by atoms with E-state index >= 15 is 4.39 Å². The van der Waals surface area contributed by atoms with Crippen LogP contribution in [0.3, 0.4) is 0 Å². The predicted octanol–water partition coefficient (Wildman–Crippen LogP) is 5.73. The quantitative estimate of drug-likeness (QED) is 0.225. The van der Waals surface area contributed by atoms with Gasteiger partial charge in [-0.15, -0.1) is 11.8 Å². The van der Waals surface area contributed by atoms with Crippen molar-refractivity contribution in [3.05, 3.63) is 94.5 Å². The number of carbonyl (C=O) groups excluding carboxylic acids is 1. The lowest BCUT2D eigenvalue weighted by atomic mass is 10.0. The maximum atomic E-state index is 15.8. The third-order valence-corrected chi connectivity index (χ3v) is 9.43. The summed E-state index contributed by atoms with van der Waals surface area (Å²) < 4.78 is 24.0. The Morgan fingerprint density at radius 1 is 1.19 bits per heavy atom. The second-order valence-electron chi connectivity index (χ2n) is 11.0. The van der Waals surface area contributed by atoms with Crippen molar-refractivity contribution in [1.29, 1.82) is 0 Å². The number of aryl methyl sites for hydroxylation is 1. The number of halogens is 1. The molecule has 8 nitrogen and oxygen atoms in total. The molecule has 0 radical (unpaired) electrons. The van der Waals surface area contributed by atoms with Crippen LogP contribution in [0.5, 0.6) is 11.5 Å². The second-order valence-corrected chi connectivity index (χ2v) is 12.1. The number of likely N-dealkylation sites (tertiary alicyclic amines) is 1. The first-order valence-electron chi connectivity index (χ1n) is 14.5. The molecule has 7 rings (SSSR count). The molecule has 0 unspecified atom stereocenters. The van der Waals surface area contributed by atoms with Crippen LogP contribution in [0.2, 0.25) is 0 Å². The highest BCUT2D eigenvalue weighted by molar-refractivity contribution is 7.99. The molecule has 2 aliphatic rings. The Labute approximate surface area is 251 Å². The third kappa shape index (κ3) is 5.14. The van der Waals surface area contributed by atoms with Gasteiger partial charge in [-0.1, -0.05) is 24.3 Å². The van der Waals surface area contributed by atoms with Crippen LogP contribution < -0.4 is 15.5 Å². The molecule has 1 amide bonds. The number of hydrogen-bond donors (Lipinski definition) is 1. The molecular formula is C33H30FN5O3S. The molecule has 0 bridgehead atoms. The minimum Gasteiger partial charge on any atom is -0.452 e. The van der Waals surface area contributed by atoms with Gasteiger partial charge >= 0.3 is 0 Å². The van der Waals surface area contributed by atoms with Gasteiger partial charge in [0.15, 0.2) is 11.5 Å². The number of hydrogen-bond acceptors (Lipinski definition) is 7. The standard InChI is InChI=1S/C33H30FN5O3S/c1-38-13-4-7-23(38)8-10-37-33(41)25-19-39-27-15-20-5-2-3-6-21(20)16-28(27)42-31-29(39)24(30(25)40)17-26(34)32(31)43-14-9-22-18-35-11-12-36-22/h2-3,5-6,11-12,15-19,23H,4,7-10,13-14H2,1H3,(H,37,41)/t23-/m0/s1. The average molecular weight is 596 g/mol. The van der Waals surface area contributed by atoms with Gasteiger partial charge in [-0.25, -0.2) is 4.39 Å². The number of nitrogens with zero attached hydrogens (tertiary/aromatic N) is 4. The molecule has 1 atom stereocenters. The lowest BCUT2D eigenvalue weighted by molar-refractivity contribution is 0.0949. The minimum absolute atomic E-state index is 0.0262. The van der Waals surface area contributed by atoms with Gasteiger partial charge in [0, 0.05) is 49.5 Å². The Balaban J connectivity index is 1.30. The molecule has 3 aromatic carbocycles. The fraction of sp³-hybridized carbons (Fsp3) is 0.273. The maximum Gasteiger partial charge on any atom is 0.256 e. The summed E-state index contributed by atoms with van der Waals surface area (Å²) in [5.41, 5.74) is 1.38. The molecule has 2 aromatic heterocycles. The zero-order chi connectivity index (χ0) is 29.5. The van der Waals surface area contributed by atoms with Gasteiger partial charge in [0.2, 0.25) is 5.43 Å². The van der Waals surface area contributed by atoms with Crippen molar-refractivity contribution in [3.63, 3.8) is 0 Å². The summed E-state index contributed by atoms with van der Waals surface area (Å²) in [4.78, 5) is 38.2. The summed E-state index contributed by atoms with van der Waals surface area (Å²) in [5, 5.41) is 4.99. The SMILES string of the molecule is CN1CCC[C@H]1CCNC(=O)c1cn2c3c(c(SCCc4cnccn4)c(F)cc3c1=O)Oc1cc3ccccc3cc1-2. The Bertz CT molecular complexity index is 1930. The van der Waals surface area contributed by atoms with E-state index in [0.29, 0.717) is 46.6 Å². The number of benzene rings is 3. The van der Waals surface area contributed by atoms with Gasteiger partial charge < -0.3 is 19.5 Å². The summed E-state index contributed by atoms with van der Waals surface area (Å²) in [7, 11) is 2.09. The van der Waals surface area contributed by atoms with E-state index in [1.165, 1.54) is 17.8 Å². The first kappa shape index (κ1) is 27.5. The fourth-order valence-corrected chi connectivity index (χ4v) is 7.07. The van der Waals surface area contributed by atoms with E-state index in [2.05, 4.69) is 27.2 Å². The summed E-state index contributed by atoms with van der Waals surface area (Å²) in [5.74, 6) is 0.294. The van der Waals surface area contributed by atoms with Crippen LogP contribution in [0.15, 0.2) is 76.9 Å². The highest BCUT2D eigenvalue weighted by atomic mass is 32.2. The normalized spacial score (nSPS) is 15.9. The molecule has 5 aromatic rings. The third-order valence-electron chi connectivity index (χ3n) is 8.35. The number of ether oxygens (including phenoxy) is 1. The van der Waals surface area contributed by atoms with Crippen molar-refractivity contribution in [2.75, 3.05) is 25.9 Å². The number of rotatable bonds is 8. The molecule has 0 saturated carbocycles. The molecule has 1 saturated heterocycles. The Kier molecular flexibility index (Phi) is 7.32. The summed E-state index contributed by atoms with van der Waals surface area (Å²) >= 11 is 1.30. The first-order chi connectivity index (χ1) is 21.0. The van der Waals surface area contributed by atoms with E-state index in [4.69, 9.17) is 4.74 Å². The summed E-state index contributed by atoms with van der Waals surface area (Å²) in [6.45, 7) is 1.51. The average Bonchev–Trinajstić information content (AvgIpc) is 3.43. The molecule has 1 N–H and O–H groups in total. The number of nitrogens with one attached hydrogen (secondary N) is 1. The van der Waals surface area contributed by atoms with E-state index in [1.807, 2.05) is 41.0 Å². The van der Waals surface area contributed by atoms with Gasteiger partial charge in [-0.2, -0.15) is 0 Å². The lowest BCUT2D eigenvalue weighted by Crippen LogP contribution is -2.34. The van der Waals surface area contributed by atoms with Crippen LogP contribution in [0, 0.1) is 5.82 Å². The monoisotopic (exact) mass is 595 g/mol. The van der Waals surface area contributed by atoms with Gasteiger partial charge in [0.05, 0.1) is 21.7 Å². The van der Waals surface area contributed by atoms with Gasteiger partial charge in [0.1, 0.15) is 16.9 Å². The number of pyridine rings is 1. The molecule has 2 aliphatic heterocycles. The molecule has 1 fully saturated rings. The number of aromatic nitrogens is 3. The second kappa shape index (κ2) is 11.4. The Morgan fingerprint density at radius 2 is 2.02 bits per heavy atom. The van der Waals surface area contributed by atoms with Crippen LogP contribution in [0.1, 0.15) is 35.3 Å². The fourth-order valence-electron chi connectivity index (χ4n) is 6.09. The zero-order valence-electron chi connectivity index (χ0n) is 23.7. The van der Waals surface area contributed by atoms with Crippen LogP contribution in [-0.4, -0.2) is 57.3 Å². The largest absolute Gasteiger partial charge is 0.452 e. The van der Waals surface area contributed by atoms with E-state index in [9.17, 15) is 9.59 Å². The predicted molar refractivity (Wildman–Crippen MR) is 166 cm³/mol. The van der Waals surface area contributed by atoms with Crippen molar-refractivity contribution in [1.82, 2.24) is 24.8 Å². The minimum atomic E-state index is -0.568. The van der Waals surface area contributed by atoms with E-state index in [-0.39, 0.29) is 16.7 Å². The van der Waals surface area contributed by atoms with Crippen molar-refractivity contribution in [3.8, 4) is 17.2 Å². The topological polar surface area (TPSA) is 89.4 Å². The van der Waals surface area contributed by atoms with E-state index in [0.717, 1.165) is 42.3 Å². The van der Waals surface area contributed by atoms with Crippen molar-refractivity contribution < 1.29 is 13.9 Å². The van der Waals surface area contributed by atoms with E-state index in [1.54, 1.807) is 24.8 Å². The van der Waals surface area contributed by atoms with Crippen molar-refractivity contribution in [2.24, 2.45) is 0 Å². The molecule has 4 heterocycles. The molecular weight excluding hydrogens is 565 g/mol. The smallest absolute Gasteiger partial charge is 0.256 e. The number of amides is 1. The maximum absolute atomic E-state index is 15.8. The van der Waals surface area contributed by atoms with Gasteiger partial charge in [-0.05, 0) is 61.8 Å². The van der Waals surface area contributed by atoms with Crippen LogP contribution in [0.25, 0.3) is 27.4 Å². The summed E-state index contributed by atoms with van der Waals surface area (Å²) in [6.07, 6.45) is 10.1. The lowest BCUT2D eigenvalue weighted by Gasteiger charge is -2.26. The molecule has 218 valence electrons. The van der Waals surface area contributed by atoms with Crippen LogP contribution in [0.4, 0.5) is 4.39 Å². The first-order valence-corrected chi connectivity index (χ1v) is 15.5. The Hall–Kier alpha value is -4.28. The molecule has 43 heavy (non-hydrogen) atoms. The van der Waals surface area contributed by atoms with Crippen molar-refractivity contribution >= 4 is 39.3 Å². The Morgan fingerprint density at radius 3 is 2.79 bits per heavy atom. The highest BCUT2D eigenvalue weighted by Crippen LogP contribution is 2.47. The van der Waals surface area contributed by atoms with Gasteiger partial charge in [0.25, 0.3) is 5.91 Å². The molecule has 10 heteroatoms.